The number of alkyl halides is 1. The molecule has 2 nitrogen and oxygen atoms in total. The molecule has 0 radical (unpaired) electrons. The van der Waals surface area contributed by atoms with Gasteiger partial charge in [-0.1, -0.05) is 25.4 Å². The molecule has 0 saturated heterocycles. The molecule has 2 unspecified atom stereocenters. The lowest BCUT2D eigenvalue weighted by atomic mass is 9.83. The predicted molar refractivity (Wildman–Crippen MR) is 77.6 cm³/mol. The Morgan fingerprint density at radius 3 is 2.67 bits per heavy atom. The van der Waals surface area contributed by atoms with Gasteiger partial charge >= 0.3 is 0 Å². The lowest BCUT2D eigenvalue weighted by Gasteiger charge is -2.24. The van der Waals surface area contributed by atoms with Crippen LogP contribution < -0.4 is 0 Å². The summed E-state index contributed by atoms with van der Waals surface area (Å²) < 4.78 is 2.06. The minimum absolute atomic E-state index is 0.286. The van der Waals surface area contributed by atoms with Gasteiger partial charge in [0.2, 0.25) is 0 Å². The average Bonchev–Trinajstić information content (AvgIpc) is 2.82. The lowest BCUT2D eigenvalue weighted by Crippen LogP contribution is -2.18. The first-order chi connectivity index (χ1) is 8.49. The zero-order chi connectivity index (χ0) is 13.3. The minimum Gasteiger partial charge on any atom is -0.268 e. The summed E-state index contributed by atoms with van der Waals surface area (Å²) in [4.78, 5) is 0. The Kier molecular flexibility index (Phi) is 4.28. The third kappa shape index (κ3) is 2.70. The second-order valence-corrected chi connectivity index (χ2v) is 6.70. The number of nitrogens with zero attached hydrogens (tertiary/aromatic N) is 2. The number of hydrogen-bond acceptors (Lipinski definition) is 1. The molecule has 1 aromatic rings. The number of aryl methyl sites for hydroxylation is 2. The highest BCUT2D eigenvalue weighted by molar-refractivity contribution is 6.31. The molecule has 18 heavy (non-hydrogen) atoms. The summed E-state index contributed by atoms with van der Waals surface area (Å²) in [5.41, 5.74) is 2.51. The highest BCUT2D eigenvalue weighted by Gasteiger charge is 2.36. The summed E-state index contributed by atoms with van der Waals surface area (Å²) in [6.45, 7) is 7.43. The van der Waals surface area contributed by atoms with Crippen molar-refractivity contribution in [3.63, 3.8) is 0 Å². The van der Waals surface area contributed by atoms with Crippen molar-refractivity contribution in [1.82, 2.24) is 9.78 Å². The fourth-order valence-corrected chi connectivity index (χ4v) is 3.81. The maximum Gasteiger partial charge on any atom is 0.0850 e. The van der Waals surface area contributed by atoms with E-state index in [2.05, 4.69) is 30.6 Å². The van der Waals surface area contributed by atoms with E-state index in [0.717, 1.165) is 42.9 Å². The van der Waals surface area contributed by atoms with Crippen LogP contribution in [0.25, 0.3) is 0 Å². The Morgan fingerprint density at radius 1 is 1.44 bits per heavy atom. The quantitative estimate of drug-likeness (QED) is 0.748. The van der Waals surface area contributed by atoms with E-state index in [0.29, 0.717) is 5.38 Å². The van der Waals surface area contributed by atoms with Crippen LogP contribution in [0.2, 0.25) is 5.02 Å². The Labute approximate surface area is 120 Å². The van der Waals surface area contributed by atoms with E-state index >= 15 is 0 Å². The van der Waals surface area contributed by atoms with E-state index in [9.17, 15) is 0 Å². The standard InChI is InChI=1S/C14H22Cl2N2/c1-4-11-13(16)12(18(5-2)17-11)9-14(3)7-6-10(15)8-14/h10H,4-9H2,1-3H3. The van der Waals surface area contributed by atoms with Gasteiger partial charge in [0, 0.05) is 11.9 Å². The maximum absolute atomic E-state index is 6.47. The van der Waals surface area contributed by atoms with Gasteiger partial charge in [-0.2, -0.15) is 5.10 Å². The van der Waals surface area contributed by atoms with Gasteiger partial charge in [0.25, 0.3) is 0 Å². The zero-order valence-corrected chi connectivity index (χ0v) is 13.0. The van der Waals surface area contributed by atoms with Crippen LogP contribution in [0, 0.1) is 5.41 Å². The van der Waals surface area contributed by atoms with Crippen LogP contribution in [0.15, 0.2) is 0 Å². The molecule has 1 fully saturated rings. The summed E-state index contributed by atoms with van der Waals surface area (Å²) in [7, 11) is 0. The monoisotopic (exact) mass is 288 g/mol. The normalized spacial score (nSPS) is 27.9. The van der Waals surface area contributed by atoms with Gasteiger partial charge in [-0.15, -0.1) is 11.6 Å². The van der Waals surface area contributed by atoms with Crippen molar-refractivity contribution < 1.29 is 0 Å². The van der Waals surface area contributed by atoms with Crippen LogP contribution in [0.4, 0.5) is 0 Å². The van der Waals surface area contributed by atoms with E-state index in [4.69, 9.17) is 23.2 Å². The van der Waals surface area contributed by atoms with Crippen LogP contribution in [0.3, 0.4) is 0 Å². The first-order valence-electron chi connectivity index (χ1n) is 6.87. The van der Waals surface area contributed by atoms with Crippen molar-refractivity contribution >= 4 is 23.2 Å². The third-order valence-electron chi connectivity index (χ3n) is 4.06. The van der Waals surface area contributed by atoms with Gasteiger partial charge in [0.15, 0.2) is 0 Å². The van der Waals surface area contributed by atoms with Gasteiger partial charge in [-0.05, 0) is 44.4 Å². The van der Waals surface area contributed by atoms with Crippen molar-refractivity contribution in [2.45, 2.75) is 64.8 Å². The van der Waals surface area contributed by atoms with Gasteiger partial charge in [0.05, 0.1) is 16.4 Å². The van der Waals surface area contributed by atoms with Crippen LogP contribution in [0.1, 0.15) is 51.4 Å². The van der Waals surface area contributed by atoms with E-state index in [1.807, 2.05) is 0 Å². The van der Waals surface area contributed by atoms with E-state index in [-0.39, 0.29) is 5.41 Å². The molecule has 1 heterocycles. The average molecular weight is 289 g/mol. The van der Waals surface area contributed by atoms with E-state index < -0.39 is 0 Å². The molecule has 0 aliphatic heterocycles. The van der Waals surface area contributed by atoms with Crippen molar-refractivity contribution in [3.8, 4) is 0 Å². The Morgan fingerprint density at radius 2 is 2.17 bits per heavy atom. The Balaban J connectivity index is 2.25. The molecule has 1 aromatic heterocycles. The maximum atomic E-state index is 6.47. The second kappa shape index (κ2) is 5.42. The van der Waals surface area contributed by atoms with E-state index in [1.165, 1.54) is 12.1 Å². The Bertz CT molecular complexity index is 428. The first-order valence-corrected chi connectivity index (χ1v) is 7.68. The molecular formula is C14H22Cl2N2. The summed E-state index contributed by atoms with van der Waals surface area (Å²) in [6, 6.07) is 0. The fraction of sp³-hybridized carbons (Fsp3) is 0.786. The number of rotatable bonds is 4. The molecule has 2 rings (SSSR count). The predicted octanol–water partition coefficient (Wildman–Crippen LogP) is 4.46. The summed E-state index contributed by atoms with van der Waals surface area (Å²) in [6.07, 6.45) is 5.29. The van der Waals surface area contributed by atoms with Gasteiger partial charge in [-0.25, -0.2) is 0 Å². The smallest absolute Gasteiger partial charge is 0.0850 e. The number of halogens is 2. The van der Waals surface area contributed by atoms with Crippen LogP contribution in [0.5, 0.6) is 0 Å². The Hall–Kier alpha value is -0.210. The minimum atomic E-state index is 0.286. The molecular weight excluding hydrogens is 267 g/mol. The largest absolute Gasteiger partial charge is 0.268 e. The molecule has 0 amide bonds. The molecule has 1 aliphatic rings. The fourth-order valence-electron chi connectivity index (χ4n) is 2.99. The number of hydrogen-bond donors (Lipinski definition) is 0. The molecule has 1 saturated carbocycles. The van der Waals surface area contributed by atoms with Crippen LogP contribution >= 0.6 is 23.2 Å². The van der Waals surface area contributed by atoms with Crippen molar-refractivity contribution in [3.05, 3.63) is 16.4 Å². The topological polar surface area (TPSA) is 17.8 Å². The molecule has 0 spiro atoms. The molecule has 2 atom stereocenters. The molecule has 4 heteroatoms. The van der Waals surface area contributed by atoms with Crippen LogP contribution in [-0.4, -0.2) is 15.2 Å². The molecule has 0 aromatic carbocycles. The van der Waals surface area contributed by atoms with E-state index in [1.54, 1.807) is 0 Å². The van der Waals surface area contributed by atoms with Gasteiger partial charge in [-0.3, -0.25) is 4.68 Å². The molecule has 102 valence electrons. The van der Waals surface area contributed by atoms with Gasteiger partial charge < -0.3 is 0 Å². The summed E-state index contributed by atoms with van der Waals surface area (Å²) in [5, 5.41) is 5.80. The number of aromatic nitrogens is 2. The third-order valence-corrected chi connectivity index (χ3v) is 4.87. The molecule has 0 bridgehead atoms. The zero-order valence-electron chi connectivity index (χ0n) is 11.5. The highest BCUT2D eigenvalue weighted by Crippen LogP contribution is 2.44. The second-order valence-electron chi connectivity index (χ2n) is 5.70. The molecule has 1 aliphatic carbocycles. The van der Waals surface area contributed by atoms with Gasteiger partial charge in [0.1, 0.15) is 0 Å². The van der Waals surface area contributed by atoms with Crippen molar-refractivity contribution in [2.75, 3.05) is 0 Å². The highest BCUT2D eigenvalue weighted by atomic mass is 35.5. The summed E-state index contributed by atoms with van der Waals surface area (Å²) in [5.74, 6) is 0. The molecule has 0 N–H and O–H groups in total. The lowest BCUT2D eigenvalue weighted by molar-refractivity contribution is 0.324. The van der Waals surface area contributed by atoms with Crippen molar-refractivity contribution in [2.24, 2.45) is 5.41 Å². The van der Waals surface area contributed by atoms with Crippen LogP contribution in [-0.2, 0) is 19.4 Å². The SMILES string of the molecule is CCc1nn(CC)c(CC2(C)CCC(Cl)C2)c1Cl. The summed E-state index contributed by atoms with van der Waals surface area (Å²) >= 11 is 12.7. The first kappa shape index (κ1) is 14.2. The van der Waals surface area contributed by atoms with Crippen molar-refractivity contribution in [1.29, 1.82) is 0 Å².